The summed E-state index contributed by atoms with van der Waals surface area (Å²) in [7, 11) is -3.96. The zero-order valence-corrected chi connectivity index (χ0v) is 17.5. The van der Waals surface area contributed by atoms with Crippen LogP contribution in [0, 0.1) is 12.8 Å². The van der Waals surface area contributed by atoms with Crippen LogP contribution >= 0.6 is 0 Å². The van der Waals surface area contributed by atoms with Crippen LogP contribution in [0.3, 0.4) is 0 Å². The number of hydrazone groups is 1. The first-order valence-electron chi connectivity index (χ1n) is 9.91. The predicted octanol–water partition coefficient (Wildman–Crippen LogP) is 3.36. The number of anilines is 1. The molecule has 152 valence electrons. The largest absolute Gasteiger partial charge is 0.337 e. The van der Waals surface area contributed by atoms with Gasteiger partial charge < -0.3 is 4.90 Å². The number of nitrogens with zero attached hydrogens (tertiary/aromatic N) is 3. The summed E-state index contributed by atoms with van der Waals surface area (Å²) < 4.78 is 26.4. The molecule has 0 aromatic heterocycles. The first kappa shape index (κ1) is 19.6. The van der Waals surface area contributed by atoms with E-state index in [4.69, 9.17) is 0 Å². The summed E-state index contributed by atoms with van der Waals surface area (Å²) in [5, 5.41) is 5.62. The number of aryl methyl sites for hydroxylation is 1. The van der Waals surface area contributed by atoms with Crippen LogP contribution in [0.25, 0.3) is 0 Å². The summed E-state index contributed by atoms with van der Waals surface area (Å²) in [6.07, 6.45) is 1.76. The van der Waals surface area contributed by atoms with E-state index < -0.39 is 15.7 Å². The Bertz CT molecular complexity index is 1070. The van der Waals surface area contributed by atoms with Crippen molar-refractivity contribution in [1.82, 2.24) is 4.90 Å². The number of piperidine rings is 1. The second-order valence-corrected chi connectivity index (χ2v) is 9.73. The maximum atomic E-state index is 13.2. The number of sulfone groups is 1. The Balaban J connectivity index is 1.73. The van der Waals surface area contributed by atoms with Gasteiger partial charge in [0.05, 0.1) is 17.1 Å². The van der Waals surface area contributed by atoms with Gasteiger partial charge in [-0.25, -0.2) is 8.42 Å². The van der Waals surface area contributed by atoms with Gasteiger partial charge in [0, 0.05) is 13.1 Å². The zero-order chi connectivity index (χ0) is 20.6. The minimum Gasteiger partial charge on any atom is -0.337 e. The molecule has 29 heavy (non-hydrogen) atoms. The molecule has 1 saturated heterocycles. The highest BCUT2D eigenvalue weighted by atomic mass is 32.2. The summed E-state index contributed by atoms with van der Waals surface area (Å²) >= 11 is 0. The third-order valence-electron chi connectivity index (χ3n) is 5.57. The molecular weight excluding hydrogens is 386 g/mol. The van der Waals surface area contributed by atoms with E-state index in [0.29, 0.717) is 31.2 Å². The van der Waals surface area contributed by atoms with E-state index in [9.17, 15) is 13.2 Å². The molecule has 1 fully saturated rings. The van der Waals surface area contributed by atoms with Crippen molar-refractivity contribution in [3.05, 3.63) is 59.7 Å². The lowest BCUT2D eigenvalue weighted by Crippen LogP contribution is -2.46. The normalized spacial score (nSPS) is 18.9. The quantitative estimate of drug-likeness (QED) is 0.777. The maximum Gasteiger partial charge on any atom is 0.286 e. The summed E-state index contributed by atoms with van der Waals surface area (Å²) in [5.41, 5.74) is 2.61. The first-order valence-corrected chi connectivity index (χ1v) is 11.4. The average molecular weight is 412 g/mol. The van der Waals surface area contributed by atoms with Crippen molar-refractivity contribution >= 4 is 26.5 Å². The Morgan fingerprint density at radius 2 is 1.83 bits per heavy atom. The number of benzene rings is 2. The van der Waals surface area contributed by atoms with Gasteiger partial charge in [-0.15, -0.1) is 0 Å². The van der Waals surface area contributed by atoms with Crippen LogP contribution in [-0.2, 0) is 21.2 Å². The fraction of sp³-hybridized carbons (Fsp3) is 0.364. The molecule has 2 aromatic carbocycles. The van der Waals surface area contributed by atoms with E-state index in [-0.39, 0.29) is 9.94 Å². The van der Waals surface area contributed by atoms with Gasteiger partial charge in [-0.05, 0) is 43.4 Å². The van der Waals surface area contributed by atoms with Gasteiger partial charge in [0.2, 0.25) is 14.9 Å². The van der Waals surface area contributed by atoms with Crippen LogP contribution in [0.5, 0.6) is 0 Å². The summed E-state index contributed by atoms with van der Waals surface area (Å²) in [5.74, 6) is 0.0446. The fourth-order valence-corrected chi connectivity index (χ4v) is 5.31. The molecule has 0 spiro atoms. The molecule has 7 heteroatoms. The lowest BCUT2D eigenvalue weighted by atomic mass is 9.99. The van der Waals surface area contributed by atoms with E-state index in [2.05, 4.69) is 12.0 Å². The molecular formula is C22H25N3O3S. The number of carbonyl (C=O) groups is 1. The molecule has 6 nitrogen and oxygen atoms in total. The van der Waals surface area contributed by atoms with Crippen LogP contribution in [0.1, 0.15) is 30.9 Å². The molecule has 0 radical (unpaired) electrons. The number of carbonyl (C=O) groups excluding carboxylic acids is 1. The van der Waals surface area contributed by atoms with Crippen LogP contribution < -0.4 is 5.01 Å². The number of hydrogen-bond acceptors (Lipinski definition) is 5. The molecule has 2 aromatic rings. The molecule has 0 unspecified atom stereocenters. The molecule has 2 aliphatic heterocycles. The van der Waals surface area contributed by atoms with Crippen LogP contribution in [0.15, 0.2) is 58.5 Å². The van der Waals surface area contributed by atoms with Crippen molar-refractivity contribution in [3.8, 4) is 0 Å². The van der Waals surface area contributed by atoms with E-state index in [1.165, 1.54) is 0 Å². The van der Waals surface area contributed by atoms with Crippen LogP contribution in [-0.4, -0.2) is 37.4 Å². The molecule has 0 bridgehead atoms. The summed E-state index contributed by atoms with van der Waals surface area (Å²) in [6, 6.07) is 14.7. The highest BCUT2D eigenvalue weighted by Crippen LogP contribution is 2.33. The molecule has 1 amide bonds. The first-order chi connectivity index (χ1) is 13.9. The van der Waals surface area contributed by atoms with Gasteiger partial charge in [-0.1, -0.05) is 48.9 Å². The maximum absolute atomic E-state index is 13.2. The Kier molecular flexibility index (Phi) is 5.17. The van der Waals surface area contributed by atoms with E-state index in [1.807, 2.05) is 31.2 Å². The Morgan fingerprint density at radius 3 is 2.55 bits per heavy atom. The number of amides is 1. The Morgan fingerprint density at radius 1 is 1.10 bits per heavy atom. The highest BCUT2D eigenvalue weighted by molar-refractivity contribution is 8.08. The number of para-hydroxylation sites is 1. The van der Waals surface area contributed by atoms with Gasteiger partial charge in [0.1, 0.15) is 0 Å². The minimum absolute atomic E-state index is 0.136. The van der Waals surface area contributed by atoms with Crippen molar-refractivity contribution in [2.24, 2.45) is 11.0 Å². The molecule has 0 saturated carbocycles. The standard InChI is InChI=1S/C22H25N3O3S/c1-16-10-12-24(13-11-16)22(26)21-23-25(15-18-7-5-6-17(2)14-18)19-8-3-4-9-20(19)29(21,27)28/h3-9,14,16H,10-13,15H2,1-2H3. The van der Waals surface area contributed by atoms with Gasteiger partial charge in [-0.2, -0.15) is 5.10 Å². The minimum atomic E-state index is -3.96. The molecule has 2 aliphatic rings. The molecule has 4 rings (SSSR count). The summed E-state index contributed by atoms with van der Waals surface area (Å²) in [4.78, 5) is 14.9. The van der Waals surface area contributed by atoms with Gasteiger partial charge in [0.25, 0.3) is 5.91 Å². The van der Waals surface area contributed by atoms with Crippen LogP contribution in [0.4, 0.5) is 5.69 Å². The molecule has 0 aliphatic carbocycles. The number of rotatable bonds is 3. The Hall–Kier alpha value is -2.67. The number of likely N-dealkylation sites (tertiary alicyclic amines) is 1. The van der Waals surface area contributed by atoms with Crippen molar-refractivity contribution in [3.63, 3.8) is 0 Å². The van der Waals surface area contributed by atoms with E-state index in [0.717, 1.165) is 24.0 Å². The molecule has 2 heterocycles. The SMILES string of the molecule is Cc1cccc(CN2N=C(C(=O)N3CCC(C)CC3)S(=O)(=O)c3ccccc32)c1. The van der Waals surface area contributed by atoms with Crippen molar-refractivity contribution < 1.29 is 13.2 Å². The third kappa shape index (κ3) is 3.79. The highest BCUT2D eigenvalue weighted by Gasteiger charge is 2.39. The number of fused-ring (bicyclic) bond motifs is 1. The number of hydrogen-bond donors (Lipinski definition) is 0. The Labute approximate surface area is 171 Å². The van der Waals surface area contributed by atoms with Crippen LogP contribution in [0.2, 0.25) is 0 Å². The summed E-state index contributed by atoms with van der Waals surface area (Å²) in [6.45, 7) is 5.67. The monoisotopic (exact) mass is 411 g/mol. The third-order valence-corrected chi connectivity index (χ3v) is 7.26. The topological polar surface area (TPSA) is 70.1 Å². The van der Waals surface area contributed by atoms with Gasteiger partial charge in [0.15, 0.2) is 0 Å². The van der Waals surface area contributed by atoms with Crippen molar-refractivity contribution in [1.29, 1.82) is 0 Å². The lowest BCUT2D eigenvalue weighted by Gasteiger charge is -2.32. The van der Waals surface area contributed by atoms with E-state index in [1.54, 1.807) is 34.2 Å². The lowest BCUT2D eigenvalue weighted by molar-refractivity contribution is -0.125. The van der Waals surface area contributed by atoms with E-state index >= 15 is 0 Å². The fourth-order valence-electron chi connectivity index (χ4n) is 3.83. The van der Waals surface area contributed by atoms with Gasteiger partial charge in [-0.3, -0.25) is 9.80 Å². The van der Waals surface area contributed by atoms with Crippen molar-refractivity contribution in [2.75, 3.05) is 18.1 Å². The second kappa shape index (κ2) is 7.63. The molecule has 0 N–H and O–H groups in total. The molecule has 0 atom stereocenters. The average Bonchev–Trinajstić information content (AvgIpc) is 2.70. The van der Waals surface area contributed by atoms with Crippen molar-refractivity contribution in [2.45, 2.75) is 38.1 Å². The smallest absolute Gasteiger partial charge is 0.286 e. The zero-order valence-electron chi connectivity index (χ0n) is 16.7. The van der Waals surface area contributed by atoms with Gasteiger partial charge >= 0.3 is 0 Å². The predicted molar refractivity (Wildman–Crippen MR) is 113 cm³/mol. The second-order valence-electron chi connectivity index (χ2n) is 7.90.